The van der Waals surface area contributed by atoms with Gasteiger partial charge in [0.15, 0.2) is 11.5 Å². The second-order valence-corrected chi connectivity index (χ2v) is 7.65. The third-order valence-corrected chi connectivity index (χ3v) is 5.53. The summed E-state index contributed by atoms with van der Waals surface area (Å²) in [6, 6.07) is 9.91. The zero-order chi connectivity index (χ0) is 22.5. The largest absolute Gasteiger partial charge is 0.495 e. The van der Waals surface area contributed by atoms with Crippen LogP contribution in [0.15, 0.2) is 41.3 Å². The molecule has 162 valence electrons. The Balaban J connectivity index is 1.74. The minimum absolute atomic E-state index is 0.178. The van der Waals surface area contributed by atoms with Crippen LogP contribution in [0.25, 0.3) is 6.08 Å². The molecule has 10 heteroatoms. The quantitative estimate of drug-likeness (QED) is 0.620. The lowest BCUT2D eigenvalue weighted by molar-refractivity contribution is -0.127. The lowest BCUT2D eigenvalue weighted by Gasteiger charge is -2.13. The number of rotatable bonds is 7. The van der Waals surface area contributed by atoms with E-state index in [9.17, 15) is 14.4 Å². The smallest absolute Gasteiger partial charge is 0.294 e. The summed E-state index contributed by atoms with van der Waals surface area (Å²) in [6.07, 6.45) is 1.54. The summed E-state index contributed by atoms with van der Waals surface area (Å²) >= 11 is 6.80. The molecule has 8 nitrogen and oxygen atoms in total. The molecule has 0 saturated carbocycles. The summed E-state index contributed by atoms with van der Waals surface area (Å²) in [4.78, 5) is 38.5. The van der Waals surface area contributed by atoms with E-state index in [1.54, 1.807) is 30.3 Å². The van der Waals surface area contributed by atoms with Crippen molar-refractivity contribution < 1.29 is 28.6 Å². The number of methoxy groups -OCH3 is 3. The van der Waals surface area contributed by atoms with Crippen LogP contribution in [0.3, 0.4) is 0 Å². The first-order valence-corrected chi connectivity index (χ1v) is 10.2. The Morgan fingerprint density at radius 3 is 2.48 bits per heavy atom. The monoisotopic (exact) mass is 462 g/mol. The predicted octanol–water partition coefficient (Wildman–Crippen LogP) is 4.04. The van der Waals surface area contributed by atoms with E-state index in [1.807, 2.05) is 0 Å². The van der Waals surface area contributed by atoms with Crippen molar-refractivity contribution in [3.8, 4) is 17.2 Å². The predicted molar refractivity (Wildman–Crippen MR) is 119 cm³/mol. The third-order valence-electron chi connectivity index (χ3n) is 4.33. The molecule has 0 aromatic heterocycles. The molecule has 0 bridgehead atoms. The van der Waals surface area contributed by atoms with E-state index in [1.165, 1.54) is 33.5 Å². The molecular formula is C21H19ClN2O6S. The van der Waals surface area contributed by atoms with Crippen LogP contribution in [0, 0.1) is 0 Å². The van der Waals surface area contributed by atoms with Gasteiger partial charge in [0, 0.05) is 11.3 Å². The van der Waals surface area contributed by atoms with Crippen molar-refractivity contribution in [3.63, 3.8) is 0 Å². The number of nitrogens with one attached hydrogen (secondary N) is 1. The molecular weight excluding hydrogens is 444 g/mol. The normalized spacial score (nSPS) is 14.7. The van der Waals surface area contributed by atoms with Gasteiger partial charge in [0.1, 0.15) is 12.3 Å². The minimum atomic E-state index is -0.567. The first-order valence-electron chi connectivity index (χ1n) is 8.97. The van der Waals surface area contributed by atoms with Crippen molar-refractivity contribution in [2.24, 2.45) is 0 Å². The fraction of sp³-hybridized carbons (Fsp3) is 0.190. The first kappa shape index (κ1) is 22.5. The summed E-state index contributed by atoms with van der Waals surface area (Å²) in [6.45, 7) is -0.430. The van der Waals surface area contributed by atoms with E-state index >= 15 is 0 Å². The zero-order valence-electron chi connectivity index (χ0n) is 16.9. The van der Waals surface area contributed by atoms with Gasteiger partial charge in [0.05, 0.1) is 31.3 Å². The molecule has 1 aliphatic heterocycles. The molecule has 0 radical (unpaired) electrons. The number of hydrogen-bond acceptors (Lipinski definition) is 7. The summed E-state index contributed by atoms with van der Waals surface area (Å²) in [5.74, 6) is 0.286. The molecule has 2 aromatic rings. The van der Waals surface area contributed by atoms with E-state index in [-0.39, 0.29) is 4.91 Å². The number of benzene rings is 2. The maximum absolute atomic E-state index is 12.7. The SMILES string of the molecule is COc1ccc(NC(=O)CN2C(=O)S/C(=C/c3cccc(OC)c3OC)C2=O)cc1Cl. The van der Waals surface area contributed by atoms with Gasteiger partial charge in [-0.3, -0.25) is 19.3 Å². The number of nitrogens with zero attached hydrogens (tertiary/aromatic N) is 1. The Morgan fingerprint density at radius 1 is 1.10 bits per heavy atom. The second kappa shape index (κ2) is 9.76. The second-order valence-electron chi connectivity index (χ2n) is 6.25. The molecule has 1 heterocycles. The molecule has 0 atom stereocenters. The van der Waals surface area contributed by atoms with Crippen molar-refractivity contribution in [1.82, 2.24) is 4.90 Å². The van der Waals surface area contributed by atoms with Gasteiger partial charge in [-0.05, 0) is 42.1 Å². The minimum Gasteiger partial charge on any atom is -0.495 e. The summed E-state index contributed by atoms with van der Waals surface area (Å²) in [5.41, 5.74) is 0.990. The molecule has 3 amide bonds. The van der Waals surface area contributed by atoms with Gasteiger partial charge in [0.25, 0.3) is 11.1 Å². The van der Waals surface area contributed by atoms with Crippen LogP contribution in [0.4, 0.5) is 10.5 Å². The van der Waals surface area contributed by atoms with E-state index in [4.69, 9.17) is 25.8 Å². The van der Waals surface area contributed by atoms with E-state index in [0.717, 1.165) is 16.7 Å². The van der Waals surface area contributed by atoms with Gasteiger partial charge in [-0.2, -0.15) is 0 Å². The van der Waals surface area contributed by atoms with Crippen LogP contribution in [-0.4, -0.2) is 49.8 Å². The van der Waals surface area contributed by atoms with Crippen molar-refractivity contribution in [3.05, 3.63) is 51.9 Å². The molecule has 0 unspecified atom stereocenters. The highest BCUT2D eigenvalue weighted by atomic mass is 35.5. The molecule has 1 aliphatic rings. The Labute approximate surface area is 188 Å². The van der Waals surface area contributed by atoms with Gasteiger partial charge in [-0.25, -0.2) is 0 Å². The number of ether oxygens (including phenoxy) is 3. The molecule has 31 heavy (non-hydrogen) atoms. The van der Waals surface area contributed by atoms with Gasteiger partial charge >= 0.3 is 0 Å². The first-order chi connectivity index (χ1) is 14.9. The van der Waals surface area contributed by atoms with Crippen LogP contribution < -0.4 is 19.5 Å². The van der Waals surface area contributed by atoms with Crippen LogP contribution >= 0.6 is 23.4 Å². The zero-order valence-corrected chi connectivity index (χ0v) is 18.5. The van der Waals surface area contributed by atoms with Crippen LogP contribution in [-0.2, 0) is 9.59 Å². The Bertz CT molecular complexity index is 1070. The molecule has 2 aromatic carbocycles. The molecule has 1 N–H and O–H groups in total. The Morgan fingerprint density at radius 2 is 1.84 bits per heavy atom. The lowest BCUT2D eigenvalue weighted by Crippen LogP contribution is -2.36. The summed E-state index contributed by atoms with van der Waals surface area (Å²) in [7, 11) is 4.47. The average Bonchev–Trinajstić information content (AvgIpc) is 3.01. The Kier molecular flexibility index (Phi) is 7.09. The van der Waals surface area contributed by atoms with E-state index in [0.29, 0.717) is 33.5 Å². The van der Waals surface area contributed by atoms with Crippen molar-refractivity contribution >= 4 is 52.2 Å². The van der Waals surface area contributed by atoms with Gasteiger partial charge in [0.2, 0.25) is 5.91 Å². The number of imide groups is 1. The van der Waals surface area contributed by atoms with E-state index in [2.05, 4.69) is 5.32 Å². The average molecular weight is 463 g/mol. The number of amides is 3. The highest BCUT2D eigenvalue weighted by Gasteiger charge is 2.36. The topological polar surface area (TPSA) is 94.2 Å². The number of para-hydroxylation sites is 1. The van der Waals surface area contributed by atoms with Gasteiger partial charge in [-0.15, -0.1) is 0 Å². The Hall–Kier alpha value is -3.17. The van der Waals surface area contributed by atoms with Gasteiger partial charge in [-0.1, -0.05) is 23.7 Å². The summed E-state index contributed by atoms with van der Waals surface area (Å²) < 4.78 is 15.7. The molecule has 0 spiro atoms. The number of hydrogen-bond donors (Lipinski definition) is 1. The maximum atomic E-state index is 12.7. The van der Waals surface area contributed by atoms with Crippen molar-refractivity contribution in [2.75, 3.05) is 33.2 Å². The summed E-state index contributed by atoms with van der Waals surface area (Å²) in [5, 5.41) is 2.39. The molecule has 1 fully saturated rings. The van der Waals surface area contributed by atoms with Crippen molar-refractivity contribution in [1.29, 1.82) is 0 Å². The fourth-order valence-corrected chi connectivity index (χ4v) is 3.98. The number of thioether (sulfide) groups is 1. The van der Waals surface area contributed by atoms with Crippen LogP contribution in [0.2, 0.25) is 5.02 Å². The van der Waals surface area contributed by atoms with E-state index < -0.39 is 23.6 Å². The van der Waals surface area contributed by atoms with Crippen molar-refractivity contribution in [2.45, 2.75) is 0 Å². The number of anilines is 1. The van der Waals surface area contributed by atoms with Crippen LogP contribution in [0.5, 0.6) is 17.2 Å². The highest BCUT2D eigenvalue weighted by Crippen LogP contribution is 2.37. The fourth-order valence-electron chi connectivity index (χ4n) is 2.89. The molecule has 1 saturated heterocycles. The number of halogens is 1. The molecule has 0 aliphatic carbocycles. The van der Waals surface area contributed by atoms with Gasteiger partial charge < -0.3 is 19.5 Å². The number of carbonyl (C=O) groups excluding carboxylic acids is 3. The molecule has 3 rings (SSSR count). The lowest BCUT2D eigenvalue weighted by atomic mass is 10.1. The maximum Gasteiger partial charge on any atom is 0.294 e. The highest BCUT2D eigenvalue weighted by molar-refractivity contribution is 8.18. The standard InChI is InChI=1S/C21H19ClN2O6S/c1-28-15-8-7-13(10-14(15)22)23-18(25)11-24-20(26)17(31-21(24)27)9-12-5-4-6-16(29-2)19(12)30-3/h4-10H,11H2,1-3H3,(H,23,25)/b17-9+. The third kappa shape index (κ3) is 4.95. The van der Waals surface area contributed by atoms with Crippen LogP contribution in [0.1, 0.15) is 5.56 Å². The number of carbonyl (C=O) groups is 3.